The molecule has 1 amide bonds. The van der Waals surface area contributed by atoms with Gasteiger partial charge in [-0.25, -0.2) is 0 Å². The minimum absolute atomic E-state index is 0.162. The molecule has 0 radical (unpaired) electrons. The summed E-state index contributed by atoms with van der Waals surface area (Å²) >= 11 is 0. The van der Waals surface area contributed by atoms with Crippen LogP contribution < -0.4 is 5.73 Å². The van der Waals surface area contributed by atoms with Gasteiger partial charge in [-0.1, -0.05) is 0 Å². The highest BCUT2D eigenvalue weighted by atomic mass is 16.2. The molecule has 4 aliphatic carbocycles. The van der Waals surface area contributed by atoms with Crippen LogP contribution in [0.5, 0.6) is 0 Å². The van der Waals surface area contributed by atoms with Gasteiger partial charge in [0.25, 0.3) is 0 Å². The number of hydrogen-bond donors (Lipinski definition) is 1. The molecule has 2 N–H and O–H groups in total. The number of likely N-dealkylation sites (N-methyl/N-ethyl adjacent to an activating group) is 1. The first-order chi connectivity index (χ1) is 8.16. The summed E-state index contributed by atoms with van der Waals surface area (Å²) in [5, 5.41) is 0. The van der Waals surface area contributed by atoms with Crippen LogP contribution in [0.3, 0.4) is 0 Å². The van der Waals surface area contributed by atoms with Crippen LogP contribution in [-0.2, 0) is 4.79 Å². The Hall–Kier alpha value is -0.570. The van der Waals surface area contributed by atoms with Crippen LogP contribution in [0, 0.1) is 17.8 Å². The summed E-state index contributed by atoms with van der Waals surface area (Å²) in [6.45, 7) is 3.12. The molecule has 0 saturated heterocycles. The van der Waals surface area contributed by atoms with Crippen molar-refractivity contribution in [3.63, 3.8) is 0 Å². The van der Waals surface area contributed by atoms with E-state index in [9.17, 15) is 4.79 Å². The summed E-state index contributed by atoms with van der Waals surface area (Å²) in [5.41, 5.74) is 5.77. The second-order valence-corrected chi connectivity index (χ2v) is 6.48. The Morgan fingerprint density at radius 1 is 1.18 bits per heavy atom. The van der Waals surface area contributed by atoms with Gasteiger partial charge in [0.05, 0.1) is 6.54 Å². The van der Waals surface area contributed by atoms with Crippen LogP contribution in [-0.4, -0.2) is 29.4 Å². The van der Waals surface area contributed by atoms with E-state index in [0.717, 1.165) is 24.3 Å². The van der Waals surface area contributed by atoms with E-state index in [-0.39, 0.29) is 18.0 Å². The summed E-state index contributed by atoms with van der Waals surface area (Å²) in [6, 6.07) is 0. The van der Waals surface area contributed by atoms with E-state index in [1.807, 2.05) is 0 Å². The van der Waals surface area contributed by atoms with Gasteiger partial charge in [-0.2, -0.15) is 0 Å². The van der Waals surface area contributed by atoms with Gasteiger partial charge in [-0.05, 0) is 63.2 Å². The number of amides is 1. The highest BCUT2D eigenvalue weighted by Crippen LogP contribution is 2.57. The lowest BCUT2D eigenvalue weighted by atomic mass is 9.52. The van der Waals surface area contributed by atoms with Gasteiger partial charge in [-0.3, -0.25) is 4.79 Å². The van der Waals surface area contributed by atoms with E-state index < -0.39 is 0 Å². The smallest absolute Gasteiger partial charge is 0.236 e. The fourth-order valence-electron chi connectivity index (χ4n) is 5.28. The van der Waals surface area contributed by atoms with Crippen molar-refractivity contribution in [1.82, 2.24) is 4.90 Å². The van der Waals surface area contributed by atoms with Crippen LogP contribution >= 0.6 is 0 Å². The maximum Gasteiger partial charge on any atom is 0.236 e. The van der Waals surface area contributed by atoms with Crippen molar-refractivity contribution in [3.8, 4) is 0 Å². The molecular weight excluding hydrogens is 212 g/mol. The van der Waals surface area contributed by atoms with Gasteiger partial charge < -0.3 is 10.6 Å². The number of carbonyl (C=O) groups is 1. The van der Waals surface area contributed by atoms with Crippen LogP contribution in [0.1, 0.15) is 45.4 Å². The molecule has 4 aliphatic rings. The molecule has 3 heteroatoms. The molecule has 3 nitrogen and oxygen atoms in total. The highest BCUT2D eigenvalue weighted by Gasteiger charge is 2.54. The summed E-state index contributed by atoms with van der Waals surface area (Å²) in [4.78, 5) is 14.2. The molecule has 4 fully saturated rings. The molecular formula is C14H24N2O. The topological polar surface area (TPSA) is 46.3 Å². The fraction of sp³-hybridized carbons (Fsp3) is 0.929. The quantitative estimate of drug-likeness (QED) is 0.811. The number of nitrogens with two attached hydrogens (primary N) is 1. The normalized spacial score (nSPS) is 42.8. The molecule has 0 heterocycles. The summed E-state index contributed by atoms with van der Waals surface area (Å²) in [6.07, 6.45) is 8.02. The van der Waals surface area contributed by atoms with E-state index in [2.05, 4.69) is 11.8 Å². The van der Waals surface area contributed by atoms with E-state index in [0.29, 0.717) is 0 Å². The molecule has 0 spiro atoms. The third-order valence-corrected chi connectivity index (χ3v) is 5.37. The fourth-order valence-corrected chi connectivity index (χ4v) is 5.28. The minimum Gasteiger partial charge on any atom is -0.336 e. The molecule has 4 rings (SSSR count). The van der Waals surface area contributed by atoms with Gasteiger partial charge >= 0.3 is 0 Å². The first kappa shape index (κ1) is 11.5. The predicted octanol–water partition coefficient (Wildman–Crippen LogP) is 1.76. The SMILES string of the molecule is CCN(C(=O)CN)C12CC3CC(CC(C3)C1)C2. The summed E-state index contributed by atoms with van der Waals surface area (Å²) in [7, 11) is 0. The molecule has 0 aromatic heterocycles. The second-order valence-electron chi connectivity index (χ2n) is 6.48. The largest absolute Gasteiger partial charge is 0.336 e. The lowest BCUT2D eigenvalue weighted by Gasteiger charge is -2.60. The van der Waals surface area contributed by atoms with Gasteiger partial charge in [-0.15, -0.1) is 0 Å². The lowest BCUT2D eigenvalue weighted by Crippen LogP contribution is -2.62. The Balaban J connectivity index is 1.87. The van der Waals surface area contributed by atoms with E-state index in [4.69, 9.17) is 5.73 Å². The standard InChI is InChI=1S/C14H24N2O/c1-2-16(13(17)9-15)14-6-10-3-11(7-14)5-12(4-10)8-14/h10-12H,2-9,15H2,1H3. The molecule has 0 atom stereocenters. The zero-order valence-electron chi connectivity index (χ0n) is 10.8. The molecule has 0 unspecified atom stereocenters. The van der Waals surface area contributed by atoms with E-state index in [1.54, 1.807) is 0 Å². The van der Waals surface area contributed by atoms with Crippen LogP contribution in [0.4, 0.5) is 0 Å². The van der Waals surface area contributed by atoms with Crippen molar-refractivity contribution >= 4 is 5.91 Å². The Morgan fingerprint density at radius 3 is 2.00 bits per heavy atom. The minimum atomic E-state index is 0.162. The van der Waals surface area contributed by atoms with Gasteiger partial charge in [0.15, 0.2) is 0 Å². The van der Waals surface area contributed by atoms with Gasteiger partial charge in [0.1, 0.15) is 0 Å². The molecule has 0 aromatic rings. The zero-order chi connectivity index (χ0) is 12.0. The number of rotatable bonds is 3. The van der Waals surface area contributed by atoms with Crippen molar-refractivity contribution in [2.75, 3.05) is 13.1 Å². The maximum absolute atomic E-state index is 12.1. The first-order valence-electron chi connectivity index (χ1n) is 7.17. The third kappa shape index (κ3) is 1.70. The molecule has 0 aliphatic heterocycles. The van der Waals surface area contributed by atoms with E-state index >= 15 is 0 Å². The van der Waals surface area contributed by atoms with Crippen LogP contribution in [0.25, 0.3) is 0 Å². The number of carbonyl (C=O) groups excluding carboxylic acids is 1. The maximum atomic E-state index is 12.1. The monoisotopic (exact) mass is 236 g/mol. The Bertz CT molecular complexity index is 291. The first-order valence-corrected chi connectivity index (χ1v) is 7.17. The third-order valence-electron chi connectivity index (χ3n) is 5.37. The van der Waals surface area contributed by atoms with Crippen LogP contribution in [0.2, 0.25) is 0 Å². The van der Waals surface area contributed by atoms with Gasteiger partial charge in [0, 0.05) is 12.1 Å². The molecule has 0 aromatic carbocycles. The highest BCUT2D eigenvalue weighted by molar-refractivity contribution is 5.79. The predicted molar refractivity (Wildman–Crippen MR) is 67.3 cm³/mol. The Kier molecular flexibility index (Phi) is 2.69. The Morgan fingerprint density at radius 2 is 1.65 bits per heavy atom. The second kappa shape index (κ2) is 3.98. The van der Waals surface area contributed by atoms with Crippen molar-refractivity contribution in [1.29, 1.82) is 0 Å². The zero-order valence-corrected chi connectivity index (χ0v) is 10.8. The van der Waals surface area contributed by atoms with Gasteiger partial charge in [0.2, 0.25) is 5.91 Å². The number of hydrogen-bond acceptors (Lipinski definition) is 2. The van der Waals surface area contributed by atoms with Crippen molar-refractivity contribution in [2.24, 2.45) is 23.5 Å². The number of nitrogens with zero attached hydrogens (tertiary/aromatic N) is 1. The molecule has 17 heavy (non-hydrogen) atoms. The van der Waals surface area contributed by atoms with Crippen molar-refractivity contribution < 1.29 is 4.79 Å². The molecule has 96 valence electrons. The molecule has 4 bridgehead atoms. The van der Waals surface area contributed by atoms with Crippen molar-refractivity contribution in [2.45, 2.75) is 51.0 Å². The molecule has 4 saturated carbocycles. The average molecular weight is 236 g/mol. The summed E-state index contributed by atoms with van der Waals surface area (Å²) in [5.74, 6) is 2.83. The van der Waals surface area contributed by atoms with Crippen LogP contribution in [0.15, 0.2) is 0 Å². The lowest BCUT2D eigenvalue weighted by molar-refractivity contribution is -0.148. The Labute approximate surface area is 104 Å². The summed E-state index contributed by atoms with van der Waals surface area (Å²) < 4.78 is 0. The average Bonchev–Trinajstić information content (AvgIpc) is 2.27. The van der Waals surface area contributed by atoms with Crippen molar-refractivity contribution in [3.05, 3.63) is 0 Å². The van der Waals surface area contributed by atoms with E-state index in [1.165, 1.54) is 38.5 Å².